The van der Waals surface area contributed by atoms with E-state index >= 15 is 0 Å². The molecule has 0 saturated heterocycles. The number of methoxy groups -OCH3 is 1. The molecule has 0 radical (unpaired) electrons. The molecular weight excluding hydrogens is 520 g/mol. The van der Waals surface area contributed by atoms with Gasteiger partial charge in [0, 0.05) is 24.2 Å². The summed E-state index contributed by atoms with van der Waals surface area (Å²) < 4.78 is 41.5. The van der Waals surface area contributed by atoms with Gasteiger partial charge >= 0.3 is 5.91 Å². The lowest BCUT2D eigenvalue weighted by Gasteiger charge is -2.12. The van der Waals surface area contributed by atoms with Gasteiger partial charge in [0.1, 0.15) is 5.82 Å². The largest absolute Gasteiger partial charge is 0.480 e. The molecule has 0 aliphatic carbocycles. The Morgan fingerprint density at radius 2 is 1.72 bits per heavy atom. The SMILES string of the molecule is COc1ncc(NC(=O)c2ncc(-c3ccccc3)o2)cc1S(=O)(=O)Nc1cc(-c2ccc(C)cc2)nn1C. The van der Waals surface area contributed by atoms with Crippen LogP contribution < -0.4 is 14.8 Å². The number of carbonyl (C=O) groups excluding carboxylic acids is 1. The molecule has 0 bridgehead atoms. The average molecular weight is 545 g/mol. The third-order valence-corrected chi connectivity index (χ3v) is 7.13. The van der Waals surface area contributed by atoms with Gasteiger partial charge < -0.3 is 14.5 Å². The van der Waals surface area contributed by atoms with Gasteiger partial charge in [0.2, 0.25) is 5.88 Å². The van der Waals surface area contributed by atoms with Crippen molar-refractivity contribution < 1.29 is 22.4 Å². The Kier molecular flexibility index (Phi) is 6.86. The molecule has 3 aromatic heterocycles. The molecule has 0 aliphatic rings. The number of carbonyl (C=O) groups is 1. The van der Waals surface area contributed by atoms with Crippen molar-refractivity contribution >= 4 is 27.4 Å². The Hall–Kier alpha value is -4.97. The first-order valence-electron chi connectivity index (χ1n) is 11.7. The lowest BCUT2D eigenvalue weighted by Crippen LogP contribution is -2.18. The normalized spacial score (nSPS) is 11.3. The molecule has 0 fully saturated rings. The molecule has 0 saturated carbocycles. The molecule has 11 nitrogen and oxygen atoms in total. The van der Waals surface area contributed by atoms with E-state index in [0.29, 0.717) is 11.5 Å². The van der Waals surface area contributed by atoms with Crippen molar-refractivity contribution in [3.63, 3.8) is 0 Å². The Morgan fingerprint density at radius 1 is 0.974 bits per heavy atom. The maximum Gasteiger partial charge on any atom is 0.311 e. The number of aromatic nitrogens is 4. The second kappa shape index (κ2) is 10.4. The third kappa shape index (κ3) is 5.50. The monoisotopic (exact) mass is 544 g/mol. The maximum atomic E-state index is 13.4. The van der Waals surface area contributed by atoms with E-state index in [9.17, 15) is 13.2 Å². The van der Waals surface area contributed by atoms with Crippen LogP contribution in [0.25, 0.3) is 22.6 Å². The van der Waals surface area contributed by atoms with Gasteiger partial charge in [0.15, 0.2) is 10.7 Å². The topological polar surface area (TPSA) is 141 Å². The molecule has 0 unspecified atom stereocenters. The van der Waals surface area contributed by atoms with E-state index in [2.05, 4.69) is 25.1 Å². The van der Waals surface area contributed by atoms with Crippen molar-refractivity contribution in [2.45, 2.75) is 11.8 Å². The number of pyridine rings is 1. The highest BCUT2D eigenvalue weighted by molar-refractivity contribution is 7.92. The number of amides is 1. The van der Waals surface area contributed by atoms with Gasteiger partial charge in [-0.25, -0.2) is 18.4 Å². The number of rotatable bonds is 8. The van der Waals surface area contributed by atoms with Crippen molar-refractivity contribution in [3.8, 4) is 28.5 Å². The van der Waals surface area contributed by atoms with Gasteiger partial charge in [-0.3, -0.25) is 14.2 Å². The smallest absolute Gasteiger partial charge is 0.311 e. The van der Waals surface area contributed by atoms with E-state index < -0.39 is 15.9 Å². The molecule has 0 spiro atoms. The van der Waals surface area contributed by atoms with Gasteiger partial charge in [-0.1, -0.05) is 60.2 Å². The summed E-state index contributed by atoms with van der Waals surface area (Å²) in [6.45, 7) is 1.98. The zero-order valence-corrected chi connectivity index (χ0v) is 22.1. The molecule has 5 aromatic rings. The van der Waals surface area contributed by atoms with E-state index in [-0.39, 0.29) is 28.2 Å². The number of anilines is 2. The van der Waals surface area contributed by atoms with Crippen LogP contribution in [0.3, 0.4) is 0 Å². The van der Waals surface area contributed by atoms with Crippen LogP contribution in [-0.4, -0.2) is 41.2 Å². The zero-order valence-electron chi connectivity index (χ0n) is 21.2. The van der Waals surface area contributed by atoms with Crippen LogP contribution in [0.5, 0.6) is 5.88 Å². The van der Waals surface area contributed by atoms with Crippen molar-refractivity contribution in [2.75, 3.05) is 17.1 Å². The van der Waals surface area contributed by atoms with Crippen LogP contribution in [0.15, 0.2) is 88.4 Å². The lowest BCUT2D eigenvalue weighted by molar-refractivity contribution is 0.0991. The van der Waals surface area contributed by atoms with Crippen LogP contribution >= 0.6 is 0 Å². The molecule has 0 aliphatic heterocycles. The Bertz CT molecular complexity index is 1750. The molecule has 12 heteroatoms. The first kappa shape index (κ1) is 25.7. The Morgan fingerprint density at radius 3 is 2.44 bits per heavy atom. The summed E-state index contributed by atoms with van der Waals surface area (Å²) in [5.74, 6) is -0.359. The molecule has 198 valence electrons. The number of hydrogen-bond acceptors (Lipinski definition) is 8. The standard InChI is InChI=1S/C27H24N6O5S/c1-17-9-11-18(12-10-17)21-14-24(33(2)31-21)32-39(35,36)23-13-20(15-28-26(23)37-3)30-25(34)27-29-16-22(38-27)19-7-5-4-6-8-19/h4-16,32H,1-3H3,(H,30,34). The zero-order chi connectivity index (χ0) is 27.6. The van der Waals surface area contributed by atoms with Gasteiger partial charge in [0.05, 0.1) is 30.9 Å². The van der Waals surface area contributed by atoms with E-state index in [4.69, 9.17) is 9.15 Å². The number of hydrogen-bond donors (Lipinski definition) is 2. The summed E-state index contributed by atoms with van der Waals surface area (Å²) in [5.41, 5.74) is 3.40. The Balaban J connectivity index is 1.38. The molecule has 39 heavy (non-hydrogen) atoms. The molecule has 2 N–H and O–H groups in total. The second-order valence-electron chi connectivity index (χ2n) is 8.59. The number of oxazole rings is 1. The van der Waals surface area contributed by atoms with E-state index in [1.807, 2.05) is 61.5 Å². The first-order valence-corrected chi connectivity index (χ1v) is 13.2. The van der Waals surface area contributed by atoms with Crippen LogP contribution in [-0.2, 0) is 17.1 Å². The quantitative estimate of drug-likeness (QED) is 0.291. The average Bonchev–Trinajstić information content (AvgIpc) is 3.57. The van der Waals surface area contributed by atoms with Crippen molar-refractivity contribution in [3.05, 3.63) is 90.6 Å². The number of nitrogens with zero attached hydrogens (tertiary/aromatic N) is 4. The highest BCUT2D eigenvalue weighted by Gasteiger charge is 2.25. The molecule has 2 aromatic carbocycles. The lowest BCUT2D eigenvalue weighted by atomic mass is 10.1. The minimum atomic E-state index is -4.20. The summed E-state index contributed by atoms with van der Waals surface area (Å²) in [6.07, 6.45) is 2.71. The van der Waals surface area contributed by atoms with Gasteiger partial charge in [-0.05, 0) is 13.0 Å². The van der Waals surface area contributed by atoms with Gasteiger partial charge in [-0.2, -0.15) is 5.10 Å². The second-order valence-corrected chi connectivity index (χ2v) is 10.2. The van der Waals surface area contributed by atoms with E-state index in [1.165, 1.54) is 30.3 Å². The van der Waals surface area contributed by atoms with Crippen LogP contribution in [0, 0.1) is 6.92 Å². The predicted octanol–water partition coefficient (Wildman–Crippen LogP) is 4.51. The Labute approximate surface area is 224 Å². The van der Waals surface area contributed by atoms with Crippen LogP contribution in [0.1, 0.15) is 16.2 Å². The number of sulfonamides is 1. The fourth-order valence-electron chi connectivity index (χ4n) is 3.77. The third-order valence-electron chi connectivity index (χ3n) is 5.78. The minimum absolute atomic E-state index is 0.103. The molecule has 3 heterocycles. The molecule has 1 amide bonds. The summed E-state index contributed by atoms with van der Waals surface area (Å²) in [5, 5.41) is 6.98. The molecular formula is C27H24N6O5S. The van der Waals surface area contributed by atoms with Gasteiger partial charge in [-0.15, -0.1) is 0 Å². The first-order chi connectivity index (χ1) is 18.7. The number of nitrogens with one attached hydrogen (secondary N) is 2. The van der Waals surface area contributed by atoms with Gasteiger partial charge in [0.25, 0.3) is 15.9 Å². The van der Waals surface area contributed by atoms with Crippen molar-refractivity contribution in [1.82, 2.24) is 19.7 Å². The number of ether oxygens (including phenoxy) is 1. The van der Waals surface area contributed by atoms with Crippen LogP contribution in [0.2, 0.25) is 0 Å². The fraction of sp³-hybridized carbons (Fsp3) is 0.111. The summed E-state index contributed by atoms with van der Waals surface area (Å²) in [4.78, 5) is 20.6. The summed E-state index contributed by atoms with van der Waals surface area (Å²) in [7, 11) is -1.27. The van der Waals surface area contributed by atoms with E-state index in [1.54, 1.807) is 13.1 Å². The molecule has 5 rings (SSSR count). The number of benzene rings is 2. The highest BCUT2D eigenvalue weighted by Crippen LogP contribution is 2.29. The fourth-order valence-corrected chi connectivity index (χ4v) is 4.99. The van der Waals surface area contributed by atoms with Crippen molar-refractivity contribution in [2.24, 2.45) is 7.05 Å². The highest BCUT2D eigenvalue weighted by atomic mass is 32.2. The summed E-state index contributed by atoms with van der Waals surface area (Å²) >= 11 is 0. The number of aryl methyl sites for hydroxylation is 2. The maximum absolute atomic E-state index is 13.4. The predicted molar refractivity (Wildman–Crippen MR) is 145 cm³/mol. The van der Waals surface area contributed by atoms with E-state index in [0.717, 1.165) is 16.7 Å². The molecule has 0 atom stereocenters. The van der Waals surface area contributed by atoms with Crippen LogP contribution in [0.4, 0.5) is 11.5 Å². The minimum Gasteiger partial charge on any atom is -0.480 e. The van der Waals surface area contributed by atoms with Crippen molar-refractivity contribution in [1.29, 1.82) is 0 Å². The summed E-state index contributed by atoms with van der Waals surface area (Å²) in [6, 6.07) is 19.8.